The van der Waals surface area contributed by atoms with Crippen molar-refractivity contribution in [3.05, 3.63) is 121 Å². The Morgan fingerprint density at radius 3 is 2.48 bits per heavy atom. The number of aliphatic hydroxyl groups excluding tert-OH is 1. The molecule has 3 aromatic heterocycles. The van der Waals surface area contributed by atoms with E-state index < -0.39 is 17.6 Å². The standard InChI is InChI=1S/C50H57N5O8/c1-26-23-51-49(59)37(27(26)2)24-52-48(58)34-21-33-16-32(25-55(33)45(28(34)3)29(4)54-12-14-62-15-13-54)30-19-42(60-6)36(43(20-30)61-7)17-31-18-41(57)46-44-35(31)22-39-38-8-9-40(56)47(63-46)50(38,44)10-11-53(39)5/h8-9,16,18-21,23,25,29,38-40,47,56-57H,10-15,17,22,24H2,1-7H3,(H,51,59)(H,52,58)/t29?,38-,39+,40-,47-,50-/m0/s1. The van der Waals surface area contributed by atoms with Crippen LogP contribution in [0.1, 0.15) is 79.9 Å². The number of aromatic nitrogens is 2. The van der Waals surface area contributed by atoms with Crippen LogP contribution in [0.25, 0.3) is 16.6 Å². The topological polar surface area (TPSA) is 150 Å². The van der Waals surface area contributed by atoms with Gasteiger partial charge in [0.2, 0.25) is 0 Å². The van der Waals surface area contributed by atoms with E-state index in [4.69, 9.17) is 18.9 Å². The summed E-state index contributed by atoms with van der Waals surface area (Å²) in [5.74, 6) is 1.84. The number of aromatic amines is 1. The third-order valence-electron chi connectivity index (χ3n) is 15.3. The number of phenols is 1. The highest BCUT2D eigenvalue weighted by Gasteiger charge is 2.64. The molecule has 6 atom stereocenters. The van der Waals surface area contributed by atoms with Crippen LogP contribution in [0.15, 0.2) is 59.7 Å². The van der Waals surface area contributed by atoms with Gasteiger partial charge in [-0.05, 0) is 118 Å². The number of pyridine rings is 2. The Morgan fingerprint density at radius 2 is 1.75 bits per heavy atom. The molecule has 13 heteroatoms. The third kappa shape index (κ3) is 6.41. The lowest BCUT2D eigenvalue weighted by Crippen LogP contribution is -2.64. The average Bonchev–Trinajstić information content (AvgIpc) is 3.88. The summed E-state index contributed by atoms with van der Waals surface area (Å²) in [4.78, 5) is 34.5. The molecule has 0 radical (unpaired) electrons. The van der Waals surface area contributed by atoms with Crippen LogP contribution in [0.5, 0.6) is 23.0 Å². The van der Waals surface area contributed by atoms with Crippen molar-refractivity contribution in [2.75, 3.05) is 54.1 Å². The lowest BCUT2D eigenvalue weighted by atomic mass is 9.53. The van der Waals surface area contributed by atoms with Gasteiger partial charge in [0, 0.05) is 101 Å². The van der Waals surface area contributed by atoms with Crippen LogP contribution in [0.4, 0.5) is 0 Å². The number of nitrogens with one attached hydrogen (secondary N) is 2. The minimum Gasteiger partial charge on any atom is -0.504 e. The third-order valence-corrected chi connectivity index (χ3v) is 15.3. The molecule has 1 spiro atoms. The van der Waals surface area contributed by atoms with E-state index in [0.29, 0.717) is 48.0 Å². The van der Waals surface area contributed by atoms with E-state index in [1.807, 2.05) is 51.1 Å². The molecule has 10 rings (SSSR count). The van der Waals surface area contributed by atoms with E-state index in [9.17, 15) is 19.8 Å². The lowest BCUT2D eigenvalue weighted by molar-refractivity contribution is -0.0454. The largest absolute Gasteiger partial charge is 0.504 e. The van der Waals surface area contributed by atoms with Gasteiger partial charge in [0.1, 0.15) is 23.7 Å². The monoisotopic (exact) mass is 855 g/mol. The van der Waals surface area contributed by atoms with Gasteiger partial charge in [-0.25, -0.2) is 0 Å². The summed E-state index contributed by atoms with van der Waals surface area (Å²) in [5, 5.41) is 25.9. The van der Waals surface area contributed by atoms with Gasteiger partial charge < -0.3 is 48.8 Å². The number of ether oxygens (including phenoxy) is 4. The average molecular weight is 856 g/mol. The van der Waals surface area contributed by atoms with E-state index >= 15 is 0 Å². The van der Waals surface area contributed by atoms with Crippen LogP contribution in [-0.2, 0) is 29.5 Å². The number of hydrogen-bond donors (Lipinski definition) is 4. The molecule has 2 aromatic carbocycles. The molecular weight excluding hydrogens is 799 g/mol. The zero-order valence-corrected chi connectivity index (χ0v) is 37.1. The number of amides is 1. The molecule has 1 amide bonds. The highest BCUT2D eigenvalue weighted by Crippen LogP contribution is 2.63. The quantitative estimate of drug-likeness (QED) is 0.130. The number of aliphatic hydroxyl groups is 1. The number of methoxy groups -OCH3 is 2. The van der Waals surface area contributed by atoms with Crippen molar-refractivity contribution < 1.29 is 34.0 Å². The molecular formula is C50H57N5O8. The smallest absolute Gasteiger partial charge is 0.253 e. The Balaban J connectivity index is 1.04. The first-order valence-corrected chi connectivity index (χ1v) is 22.1. The number of benzene rings is 2. The molecule has 63 heavy (non-hydrogen) atoms. The number of nitrogens with zero attached hydrogens (tertiary/aromatic N) is 3. The van der Waals surface area contributed by atoms with Crippen molar-refractivity contribution in [1.82, 2.24) is 24.5 Å². The summed E-state index contributed by atoms with van der Waals surface area (Å²) in [7, 11) is 5.52. The van der Waals surface area contributed by atoms with E-state index in [1.54, 1.807) is 20.4 Å². The Morgan fingerprint density at radius 1 is 1.00 bits per heavy atom. The molecule has 4 N–H and O–H groups in total. The summed E-state index contributed by atoms with van der Waals surface area (Å²) in [6.07, 6.45) is 8.76. The number of phenolic OH excluding ortho intramolecular Hbond substituents is 1. The van der Waals surface area contributed by atoms with Gasteiger partial charge in [-0.15, -0.1) is 0 Å². The Kier molecular flexibility index (Phi) is 10.2. The van der Waals surface area contributed by atoms with E-state index in [-0.39, 0.29) is 41.8 Å². The predicted molar refractivity (Wildman–Crippen MR) is 240 cm³/mol. The van der Waals surface area contributed by atoms with Gasteiger partial charge in [0.15, 0.2) is 11.5 Å². The minimum atomic E-state index is -0.753. The summed E-state index contributed by atoms with van der Waals surface area (Å²) in [6.45, 7) is 11.8. The zero-order valence-electron chi connectivity index (χ0n) is 37.1. The van der Waals surface area contributed by atoms with Gasteiger partial charge in [-0.1, -0.05) is 12.2 Å². The fourth-order valence-electron chi connectivity index (χ4n) is 11.7. The fraction of sp³-hybridized carbons (Fsp3) is 0.440. The van der Waals surface area contributed by atoms with Gasteiger partial charge in [0.05, 0.1) is 27.4 Å². The second-order valence-corrected chi connectivity index (χ2v) is 18.3. The van der Waals surface area contributed by atoms with Gasteiger partial charge >= 0.3 is 0 Å². The number of rotatable bonds is 10. The molecule has 6 heterocycles. The summed E-state index contributed by atoms with van der Waals surface area (Å²) >= 11 is 0. The maximum atomic E-state index is 14.1. The molecule has 0 saturated carbocycles. The fourth-order valence-corrected chi connectivity index (χ4v) is 11.7. The number of hydrogen-bond acceptors (Lipinski definition) is 10. The molecule has 2 saturated heterocycles. The molecule has 3 aliphatic heterocycles. The zero-order chi connectivity index (χ0) is 44.1. The number of carbonyl (C=O) groups is 1. The first kappa shape index (κ1) is 41.4. The number of fused-ring (bicyclic) bond motifs is 1. The van der Waals surface area contributed by atoms with Crippen molar-refractivity contribution in [1.29, 1.82) is 0 Å². The maximum Gasteiger partial charge on any atom is 0.253 e. The highest BCUT2D eigenvalue weighted by atomic mass is 16.5. The Bertz CT molecular complexity index is 2740. The first-order chi connectivity index (χ1) is 30.3. The molecule has 13 nitrogen and oxygen atoms in total. The van der Waals surface area contributed by atoms with Crippen molar-refractivity contribution in [2.24, 2.45) is 5.92 Å². The van der Waals surface area contributed by atoms with E-state index in [1.165, 1.54) is 5.56 Å². The first-order valence-electron chi connectivity index (χ1n) is 22.1. The van der Waals surface area contributed by atoms with E-state index in [2.05, 4.69) is 56.8 Å². The molecule has 5 aliphatic rings. The number of morpholine rings is 1. The second kappa shape index (κ2) is 15.6. The molecule has 2 fully saturated rings. The number of likely N-dealkylation sites (tertiary alicyclic amines) is 1. The van der Waals surface area contributed by atoms with Crippen LogP contribution in [-0.4, -0.2) is 108 Å². The number of H-pyrrole nitrogens is 1. The normalized spacial score (nSPS) is 24.3. The van der Waals surface area contributed by atoms with Crippen LogP contribution in [0, 0.1) is 26.7 Å². The second-order valence-electron chi connectivity index (χ2n) is 18.3. The predicted octanol–water partition coefficient (Wildman–Crippen LogP) is 5.66. The van der Waals surface area contributed by atoms with Crippen LogP contribution >= 0.6 is 0 Å². The van der Waals surface area contributed by atoms with E-state index in [0.717, 1.165) is 88.2 Å². The highest BCUT2D eigenvalue weighted by molar-refractivity contribution is 5.97. The number of carbonyl (C=O) groups excluding carboxylic acids is 1. The molecule has 2 bridgehead atoms. The van der Waals surface area contributed by atoms with Crippen LogP contribution in [0.3, 0.4) is 0 Å². The van der Waals surface area contributed by atoms with Gasteiger partial charge in [-0.2, -0.15) is 0 Å². The number of aryl methyl sites for hydroxylation is 1. The van der Waals surface area contributed by atoms with Crippen molar-refractivity contribution in [3.63, 3.8) is 0 Å². The number of aromatic hydroxyl groups is 1. The maximum absolute atomic E-state index is 14.1. The van der Waals surface area contributed by atoms with Crippen LogP contribution < -0.4 is 25.1 Å². The molecule has 2 aliphatic carbocycles. The van der Waals surface area contributed by atoms with Crippen LogP contribution in [0.2, 0.25) is 0 Å². The molecule has 1 unspecified atom stereocenters. The van der Waals surface area contributed by atoms with Gasteiger partial charge in [-0.3, -0.25) is 14.5 Å². The SMILES string of the molecule is COc1cc(-c2cc3cc(C(=O)NCc4c(C)c(C)c[nH]c4=O)c(C)c(C(C)N4CCOCC4)n3c2)cc(OC)c1Cc1cc(O)c2c3c1C[C@@H]1[C@@H]4C=C[C@H](O)[C@H](O2)[C@]34CCN1C. The van der Waals surface area contributed by atoms with Crippen molar-refractivity contribution >= 4 is 11.4 Å². The number of likely N-dealkylation sites (N-methyl/N-ethyl adjacent to an activating group) is 1. The summed E-state index contributed by atoms with van der Waals surface area (Å²) in [5.41, 5.74) is 10.9. The lowest BCUT2D eigenvalue weighted by Gasteiger charge is -2.56. The van der Waals surface area contributed by atoms with Gasteiger partial charge in [0.25, 0.3) is 11.5 Å². The number of piperidine rings is 1. The molecule has 5 aromatic rings. The Hall–Kier alpha value is -5.60. The Labute approximate surface area is 367 Å². The van der Waals surface area contributed by atoms with Crippen molar-refractivity contribution in [3.8, 4) is 34.1 Å². The van der Waals surface area contributed by atoms with Crippen molar-refractivity contribution in [2.45, 2.75) is 83.2 Å². The minimum absolute atomic E-state index is 0.0369. The summed E-state index contributed by atoms with van der Waals surface area (Å²) in [6, 6.07) is 10.1. The molecule has 330 valence electrons. The summed E-state index contributed by atoms with van der Waals surface area (Å²) < 4.78 is 26.7.